The molecule has 7 aromatic rings. The van der Waals surface area contributed by atoms with Gasteiger partial charge in [-0.15, -0.1) is 11.3 Å². The van der Waals surface area contributed by atoms with Gasteiger partial charge < -0.3 is 0 Å². The first kappa shape index (κ1) is 27.8. The van der Waals surface area contributed by atoms with Crippen LogP contribution in [0.15, 0.2) is 91.4 Å². The molecule has 0 N–H and O–H groups in total. The van der Waals surface area contributed by atoms with Crippen molar-refractivity contribution in [3.05, 3.63) is 103 Å². The molecule has 2 unspecified atom stereocenters. The number of fused-ring (bicyclic) bond motifs is 11. The van der Waals surface area contributed by atoms with E-state index < -0.39 is 0 Å². The SMILES string of the molecule is CCC1(CC)CC(C2c3cc4sc5ccccc5c4cc3-c3cnc4cccnc4[n+]32)n2nc(C(C)(C)C)cc2-c2cccc[n+]21. The minimum Gasteiger partial charge on any atom is -0.250 e. The summed E-state index contributed by atoms with van der Waals surface area (Å²) in [6.45, 7) is 11.5. The number of hydrogen-bond donors (Lipinski definition) is 0. The van der Waals surface area contributed by atoms with Crippen molar-refractivity contribution in [1.82, 2.24) is 19.7 Å². The highest BCUT2D eigenvalue weighted by molar-refractivity contribution is 7.25. The first-order valence-electron chi connectivity index (χ1n) is 16.5. The molecule has 0 saturated carbocycles. The highest BCUT2D eigenvalue weighted by Gasteiger charge is 2.52. The van der Waals surface area contributed by atoms with Crippen LogP contribution in [0.3, 0.4) is 0 Å². The molecular weight excluding hydrogens is 585 g/mol. The molecule has 6 nitrogen and oxygen atoms in total. The Morgan fingerprint density at radius 1 is 0.891 bits per heavy atom. The summed E-state index contributed by atoms with van der Waals surface area (Å²) >= 11 is 1.89. The van der Waals surface area contributed by atoms with Crippen molar-refractivity contribution in [2.75, 3.05) is 0 Å². The first-order chi connectivity index (χ1) is 22.3. The fourth-order valence-electron chi connectivity index (χ4n) is 8.20. The van der Waals surface area contributed by atoms with Gasteiger partial charge in [0.15, 0.2) is 29.0 Å². The van der Waals surface area contributed by atoms with Gasteiger partial charge in [-0.3, -0.25) is 4.68 Å². The van der Waals surface area contributed by atoms with E-state index in [1.54, 1.807) is 0 Å². The number of nitrogens with zero attached hydrogens (tertiary/aromatic N) is 6. The topological polar surface area (TPSA) is 51.4 Å². The van der Waals surface area contributed by atoms with Gasteiger partial charge >= 0.3 is 5.65 Å². The molecule has 7 heteroatoms. The molecule has 9 rings (SSSR count). The lowest BCUT2D eigenvalue weighted by molar-refractivity contribution is -0.759. The van der Waals surface area contributed by atoms with E-state index in [9.17, 15) is 0 Å². The third kappa shape index (κ3) is 3.78. The number of hydrogen-bond acceptors (Lipinski definition) is 4. The fourth-order valence-corrected chi connectivity index (χ4v) is 9.34. The van der Waals surface area contributed by atoms with E-state index in [1.807, 2.05) is 23.6 Å². The third-order valence-electron chi connectivity index (χ3n) is 10.7. The van der Waals surface area contributed by atoms with Gasteiger partial charge in [0.1, 0.15) is 17.9 Å². The Balaban J connectivity index is 1.39. The standard InChI is InChI=1S/C39H38N6S/c1-6-39(7-2)22-31(45-30(21-35(42-45)38(3,4)5)29-15-10-11-18-43(29)39)36-27-20-34-26(24-13-8-9-16-33(24)46-34)19-25(27)32-23-41-28-14-12-17-40-37(28)44(32)36/h8-21,23,31,36H,6-7,22H2,1-5H3/q+2. The molecule has 2 aliphatic rings. The summed E-state index contributed by atoms with van der Waals surface area (Å²) in [6.07, 6.45) is 9.27. The highest BCUT2D eigenvalue weighted by atomic mass is 32.1. The van der Waals surface area contributed by atoms with Crippen LogP contribution < -0.4 is 9.13 Å². The van der Waals surface area contributed by atoms with Crippen LogP contribution in [0.2, 0.25) is 0 Å². The molecule has 0 radical (unpaired) electrons. The minimum absolute atomic E-state index is 0.0149. The molecule has 228 valence electrons. The Labute approximate surface area is 273 Å². The molecule has 2 aliphatic heterocycles. The molecule has 7 heterocycles. The average molecular weight is 623 g/mol. The number of thiophene rings is 1. The molecular formula is C39H38N6S+2. The van der Waals surface area contributed by atoms with Crippen LogP contribution in [0.4, 0.5) is 0 Å². The van der Waals surface area contributed by atoms with Crippen molar-refractivity contribution < 1.29 is 9.13 Å². The lowest BCUT2D eigenvalue weighted by Crippen LogP contribution is -2.57. The molecule has 2 aromatic carbocycles. The summed E-state index contributed by atoms with van der Waals surface area (Å²) in [5.74, 6) is 0. The molecule has 0 saturated heterocycles. The molecule has 46 heavy (non-hydrogen) atoms. The predicted octanol–water partition coefficient (Wildman–Crippen LogP) is 8.46. The molecule has 5 aromatic heterocycles. The predicted molar refractivity (Wildman–Crippen MR) is 185 cm³/mol. The zero-order valence-corrected chi connectivity index (χ0v) is 27.8. The largest absolute Gasteiger partial charge is 0.349 e. The van der Waals surface area contributed by atoms with Crippen LogP contribution in [-0.4, -0.2) is 19.7 Å². The van der Waals surface area contributed by atoms with Crippen LogP contribution in [-0.2, 0) is 11.0 Å². The van der Waals surface area contributed by atoms with Gasteiger partial charge in [0.05, 0.1) is 11.9 Å². The summed E-state index contributed by atoms with van der Waals surface area (Å²) in [7, 11) is 0. The summed E-state index contributed by atoms with van der Waals surface area (Å²) in [5.41, 5.74) is 8.91. The Kier molecular flexibility index (Phi) is 5.89. The normalized spacial score (nSPS) is 18.4. The highest BCUT2D eigenvalue weighted by Crippen LogP contribution is 2.49. The van der Waals surface area contributed by atoms with E-state index in [2.05, 4.69) is 128 Å². The third-order valence-corrected chi connectivity index (χ3v) is 11.9. The molecule has 0 spiro atoms. The zero-order valence-electron chi connectivity index (χ0n) is 27.0. The van der Waals surface area contributed by atoms with Gasteiger partial charge in [0, 0.05) is 68.1 Å². The molecule has 0 aliphatic carbocycles. The maximum absolute atomic E-state index is 5.52. The second kappa shape index (κ2) is 9.76. The summed E-state index contributed by atoms with van der Waals surface area (Å²) in [4.78, 5) is 9.94. The Bertz CT molecular complexity index is 2340. The van der Waals surface area contributed by atoms with E-state index in [1.165, 1.54) is 42.7 Å². The second-order valence-corrected chi connectivity index (χ2v) is 15.2. The Morgan fingerprint density at radius 2 is 1.72 bits per heavy atom. The van der Waals surface area contributed by atoms with Crippen LogP contribution in [0.1, 0.15) is 77.2 Å². The van der Waals surface area contributed by atoms with Crippen molar-refractivity contribution in [3.63, 3.8) is 0 Å². The van der Waals surface area contributed by atoms with Gasteiger partial charge in [0.25, 0.3) is 0 Å². The van der Waals surface area contributed by atoms with Crippen LogP contribution >= 0.6 is 11.3 Å². The van der Waals surface area contributed by atoms with Crippen molar-refractivity contribution in [2.45, 2.75) is 76.9 Å². The molecule has 0 amide bonds. The molecule has 0 fully saturated rings. The second-order valence-electron chi connectivity index (χ2n) is 14.1. The van der Waals surface area contributed by atoms with E-state index in [0.29, 0.717) is 0 Å². The van der Waals surface area contributed by atoms with Crippen molar-refractivity contribution >= 4 is 42.7 Å². The molecule has 0 bridgehead atoms. The average Bonchev–Trinajstić information content (AvgIpc) is 3.75. The number of pyridine rings is 2. The minimum atomic E-state index is -0.0873. The van der Waals surface area contributed by atoms with Crippen molar-refractivity contribution in [1.29, 1.82) is 0 Å². The van der Waals surface area contributed by atoms with Crippen molar-refractivity contribution in [3.8, 4) is 22.6 Å². The van der Waals surface area contributed by atoms with Crippen LogP contribution in [0.5, 0.6) is 0 Å². The fraction of sp³-hybridized carbons (Fsp3) is 0.308. The first-order valence-corrected chi connectivity index (χ1v) is 17.4. The van der Waals surface area contributed by atoms with Gasteiger partial charge in [0.2, 0.25) is 5.69 Å². The van der Waals surface area contributed by atoms with E-state index in [-0.39, 0.29) is 23.0 Å². The summed E-state index contributed by atoms with van der Waals surface area (Å²) in [5, 5.41) is 8.14. The maximum Gasteiger partial charge on any atom is 0.349 e. The van der Waals surface area contributed by atoms with Gasteiger partial charge in [-0.2, -0.15) is 9.67 Å². The smallest absolute Gasteiger partial charge is 0.250 e. The van der Waals surface area contributed by atoms with Crippen LogP contribution in [0.25, 0.3) is 54.0 Å². The molecule has 2 atom stereocenters. The van der Waals surface area contributed by atoms with E-state index in [4.69, 9.17) is 15.1 Å². The zero-order chi connectivity index (χ0) is 31.4. The maximum atomic E-state index is 5.52. The lowest BCUT2D eigenvalue weighted by atomic mass is 9.81. The number of aromatic nitrogens is 6. The van der Waals surface area contributed by atoms with Gasteiger partial charge in [-0.25, -0.2) is 9.55 Å². The summed E-state index contributed by atoms with van der Waals surface area (Å²) in [6, 6.07) is 26.8. The number of rotatable bonds is 3. The lowest BCUT2D eigenvalue weighted by Gasteiger charge is -2.31. The Morgan fingerprint density at radius 3 is 2.54 bits per heavy atom. The Hall–Kier alpha value is -4.49. The van der Waals surface area contributed by atoms with Crippen LogP contribution in [0, 0.1) is 0 Å². The van der Waals surface area contributed by atoms with Gasteiger partial charge in [-0.05, 0) is 47.4 Å². The number of benzene rings is 2. The van der Waals surface area contributed by atoms with E-state index >= 15 is 0 Å². The van der Waals surface area contributed by atoms with Crippen molar-refractivity contribution in [2.24, 2.45) is 0 Å². The quantitative estimate of drug-likeness (QED) is 0.186. The van der Waals surface area contributed by atoms with E-state index in [0.717, 1.165) is 41.8 Å². The summed E-state index contributed by atoms with van der Waals surface area (Å²) < 4.78 is 10.1. The van der Waals surface area contributed by atoms with Gasteiger partial charge in [-0.1, -0.05) is 52.8 Å². The monoisotopic (exact) mass is 622 g/mol.